The molecule has 0 radical (unpaired) electrons. The molecule has 1 aromatic heterocycles. The lowest BCUT2D eigenvalue weighted by molar-refractivity contribution is -0.137. The molecular formula is C14H11F3N2OS. The lowest BCUT2D eigenvalue weighted by atomic mass is 10.1. The van der Waals surface area contributed by atoms with E-state index in [1.807, 2.05) is 0 Å². The van der Waals surface area contributed by atoms with Gasteiger partial charge in [-0.25, -0.2) is 0 Å². The molecule has 0 unspecified atom stereocenters. The molecule has 0 aliphatic carbocycles. The Morgan fingerprint density at radius 1 is 1.24 bits per heavy atom. The first-order chi connectivity index (χ1) is 9.88. The van der Waals surface area contributed by atoms with Crippen molar-refractivity contribution < 1.29 is 18.0 Å². The topological polar surface area (TPSA) is 44.9 Å². The number of hydrogen-bond donors (Lipinski definition) is 2. The number of aromatic amines is 1. The molecule has 0 saturated heterocycles. The summed E-state index contributed by atoms with van der Waals surface area (Å²) in [7, 11) is 0. The molecule has 0 atom stereocenters. The lowest BCUT2D eigenvalue weighted by Gasteiger charge is -2.09. The Hall–Kier alpha value is -2.15. The minimum absolute atomic E-state index is 0.00752. The minimum Gasteiger partial charge on any atom is -0.352 e. The molecule has 0 aliphatic heterocycles. The summed E-state index contributed by atoms with van der Waals surface area (Å²) >= 11 is 4.96. The van der Waals surface area contributed by atoms with Crippen molar-refractivity contribution in [2.75, 3.05) is 0 Å². The third-order valence-corrected chi connectivity index (χ3v) is 3.11. The molecule has 1 aromatic carbocycles. The van der Waals surface area contributed by atoms with Crippen LogP contribution >= 0.6 is 12.2 Å². The maximum absolute atomic E-state index is 12.6. The number of halogens is 3. The Morgan fingerprint density at radius 3 is 2.67 bits per heavy atom. The largest absolute Gasteiger partial charge is 0.416 e. The zero-order valence-electron chi connectivity index (χ0n) is 10.7. The van der Waals surface area contributed by atoms with Gasteiger partial charge in [-0.05, 0) is 29.8 Å². The van der Waals surface area contributed by atoms with E-state index < -0.39 is 17.6 Å². The van der Waals surface area contributed by atoms with E-state index in [9.17, 15) is 18.0 Å². The fraction of sp³-hybridized carbons (Fsp3) is 0.143. The van der Waals surface area contributed by atoms with E-state index in [0.29, 0.717) is 5.56 Å². The first-order valence-electron chi connectivity index (χ1n) is 6.00. The number of aromatic nitrogens is 1. The Labute approximate surface area is 123 Å². The second kappa shape index (κ2) is 6.09. The van der Waals surface area contributed by atoms with Crippen molar-refractivity contribution in [2.24, 2.45) is 0 Å². The average molecular weight is 312 g/mol. The molecule has 0 spiro atoms. The van der Waals surface area contributed by atoms with Crippen molar-refractivity contribution in [1.29, 1.82) is 0 Å². The van der Waals surface area contributed by atoms with Crippen molar-refractivity contribution in [3.8, 4) is 0 Å². The zero-order valence-corrected chi connectivity index (χ0v) is 11.5. The second-order valence-electron chi connectivity index (χ2n) is 4.29. The van der Waals surface area contributed by atoms with Gasteiger partial charge in [-0.2, -0.15) is 13.2 Å². The van der Waals surface area contributed by atoms with Crippen molar-refractivity contribution in [3.05, 3.63) is 63.9 Å². The van der Waals surface area contributed by atoms with Crippen LogP contribution in [0.25, 0.3) is 0 Å². The summed E-state index contributed by atoms with van der Waals surface area (Å²) in [5.74, 6) is -0.436. The van der Waals surface area contributed by atoms with Crippen molar-refractivity contribution in [1.82, 2.24) is 10.3 Å². The van der Waals surface area contributed by atoms with Crippen LogP contribution < -0.4 is 5.32 Å². The molecule has 2 rings (SSSR count). The van der Waals surface area contributed by atoms with Gasteiger partial charge in [0.25, 0.3) is 5.91 Å². The predicted octanol–water partition coefficient (Wildman–Crippen LogP) is 3.69. The average Bonchev–Trinajstić information content (AvgIpc) is 2.45. The number of hydrogen-bond acceptors (Lipinski definition) is 2. The molecule has 21 heavy (non-hydrogen) atoms. The van der Waals surface area contributed by atoms with Crippen LogP contribution in [0, 0.1) is 4.64 Å². The summed E-state index contributed by atoms with van der Waals surface area (Å²) < 4.78 is 38.0. The molecule has 0 bridgehead atoms. The third kappa shape index (κ3) is 3.91. The molecule has 3 nitrogen and oxygen atoms in total. The van der Waals surface area contributed by atoms with E-state index in [4.69, 9.17) is 12.2 Å². The molecule has 2 N–H and O–H groups in total. The van der Waals surface area contributed by atoms with E-state index in [1.165, 1.54) is 12.1 Å². The lowest BCUT2D eigenvalue weighted by Crippen LogP contribution is -2.23. The molecule has 2 aromatic rings. The van der Waals surface area contributed by atoms with Crippen LogP contribution in [-0.4, -0.2) is 10.9 Å². The Balaban J connectivity index is 2.09. The molecule has 7 heteroatoms. The highest BCUT2D eigenvalue weighted by atomic mass is 32.1. The number of H-pyrrole nitrogens is 1. The highest BCUT2D eigenvalue weighted by Gasteiger charge is 2.30. The Kier molecular flexibility index (Phi) is 4.42. The normalized spacial score (nSPS) is 11.2. The fourth-order valence-electron chi connectivity index (χ4n) is 1.74. The minimum atomic E-state index is -4.40. The molecule has 1 heterocycles. The van der Waals surface area contributed by atoms with Gasteiger partial charge >= 0.3 is 6.18 Å². The summed E-state index contributed by atoms with van der Waals surface area (Å²) in [6.45, 7) is -0.00752. The number of alkyl halides is 3. The number of carbonyl (C=O) groups is 1. The predicted molar refractivity (Wildman–Crippen MR) is 74.2 cm³/mol. The summed E-state index contributed by atoms with van der Waals surface area (Å²) in [4.78, 5) is 14.6. The molecular weight excluding hydrogens is 301 g/mol. The van der Waals surface area contributed by atoms with Gasteiger partial charge in [-0.3, -0.25) is 4.79 Å². The van der Waals surface area contributed by atoms with Crippen LogP contribution in [0.15, 0.2) is 42.6 Å². The van der Waals surface area contributed by atoms with E-state index in [2.05, 4.69) is 10.3 Å². The third-order valence-electron chi connectivity index (χ3n) is 2.77. The Morgan fingerprint density at radius 2 is 2.00 bits per heavy atom. The van der Waals surface area contributed by atoms with E-state index in [0.717, 1.165) is 12.1 Å². The zero-order chi connectivity index (χ0) is 15.5. The van der Waals surface area contributed by atoms with Gasteiger partial charge in [-0.15, -0.1) is 0 Å². The molecule has 0 saturated carbocycles. The number of nitrogens with one attached hydrogen (secondary N) is 2. The van der Waals surface area contributed by atoms with Crippen molar-refractivity contribution >= 4 is 18.1 Å². The van der Waals surface area contributed by atoms with Crippen LogP contribution in [0.1, 0.15) is 21.5 Å². The summed E-state index contributed by atoms with van der Waals surface area (Å²) in [6, 6.07) is 7.97. The van der Waals surface area contributed by atoms with Gasteiger partial charge in [0.15, 0.2) is 0 Å². The summed E-state index contributed by atoms with van der Waals surface area (Å²) in [5, 5.41) is 2.54. The number of carbonyl (C=O) groups excluding carboxylic acids is 1. The highest BCUT2D eigenvalue weighted by Crippen LogP contribution is 2.29. The van der Waals surface area contributed by atoms with Crippen LogP contribution in [0.2, 0.25) is 0 Å². The van der Waals surface area contributed by atoms with Gasteiger partial charge in [0.1, 0.15) is 4.64 Å². The van der Waals surface area contributed by atoms with Crippen molar-refractivity contribution in [2.45, 2.75) is 12.7 Å². The van der Waals surface area contributed by atoms with Gasteiger partial charge in [0.05, 0.1) is 11.1 Å². The SMILES string of the molecule is O=C(NCc1cccc(C(F)(F)F)c1)c1ccc[nH]c1=S. The standard InChI is InChI=1S/C14H11F3N2OS/c15-14(16,17)10-4-1-3-9(7-10)8-19-12(20)11-5-2-6-18-13(11)21/h1-7H,8H2,(H,18,21)(H,19,20). The second-order valence-corrected chi connectivity index (χ2v) is 4.70. The van der Waals surface area contributed by atoms with Crippen molar-refractivity contribution in [3.63, 3.8) is 0 Å². The van der Waals surface area contributed by atoms with E-state index in [-0.39, 0.29) is 16.7 Å². The van der Waals surface area contributed by atoms with E-state index in [1.54, 1.807) is 18.3 Å². The summed E-state index contributed by atoms with van der Waals surface area (Å²) in [5.41, 5.74) is -0.102. The first-order valence-corrected chi connectivity index (χ1v) is 6.41. The Bertz CT molecular complexity index is 710. The number of benzene rings is 1. The smallest absolute Gasteiger partial charge is 0.352 e. The fourth-order valence-corrected chi connectivity index (χ4v) is 1.96. The van der Waals surface area contributed by atoms with Gasteiger partial charge in [0, 0.05) is 12.7 Å². The molecule has 0 fully saturated rings. The van der Waals surface area contributed by atoms with Gasteiger partial charge < -0.3 is 10.3 Å². The molecule has 0 aliphatic rings. The highest BCUT2D eigenvalue weighted by molar-refractivity contribution is 7.71. The maximum Gasteiger partial charge on any atom is 0.416 e. The van der Waals surface area contributed by atoms with E-state index >= 15 is 0 Å². The summed E-state index contributed by atoms with van der Waals surface area (Å²) in [6.07, 6.45) is -2.81. The number of pyridine rings is 1. The maximum atomic E-state index is 12.6. The molecule has 1 amide bonds. The number of amides is 1. The molecule has 110 valence electrons. The monoisotopic (exact) mass is 312 g/mol. The van der Waals surface area contributed by atoms with Crippen LogP contribution in [0.5, 0.6) is 0 Å². The van der Waals surface area contributed by atoms with Gasteiger partial charge in [-0.1, -0.05) is 24.4 Å². The van der Waals surface area contributed by atoms with Crippen LogP contribution in [-0.2, 0) is 12.7 Å². The number of rotatable bonds is 3. The van der Waals surface area contributed by atoms with Gasteiger partial charge in [0.2, 0.25) is 0 Å². The van der Waals surface area contributed by atoms with Crippen LogP contribution in [0.4, 0.5) is 13.2 Å². The quantitative estimate of drug-likeness (QED) is 0.849. The van der Waals surface area contributed by atoms with Crippen LogP contribution in [0.3, 0.4) is 0 Å². The first kappa shape index (κ1) is 15.2.